The normalized spacial score (nSPS) is 26.3. The average molecular weight is 218 g/mol. The highest BCUT2D eigenvalue weighted by atomic mass is 14.7. The average Bonchev–Trinajstić information content (AvgIpc) is 2.18. The predicted octanol–water partition coefficient (Wildman–Crippen LogP) is 2.35. The molecule has 1 aliphatic carbocycles. The van der Waals surface area contributed by atoms with Gasteiger partial charge in [-0.15, -0.1) is 0 Å². The molecule has 0 heterocycles. The van der Waals surface area contributed by atoms with E-state index in [1.807, 2.05) is 0 Å². The molecule has 4 N–H and O–H groups in total. The topological polar surface area (TPSA) is 52.0 Å². The lowest BCUT2D eigenvalue weighted by molar-refractivity contribution is 0.223. The molecule has 0 amide bonds. The van der Waals surface area contributed by atoms with Gasteiger partial charge in [0.1, 0.15) is 0 Å². The second kappa shape index (κ2) is 4.19. The zero-order valence-corrected chi connectivity index (χ0v) is 10.5. The fourth-order valence-electron chi connectivity index (χ4n) is 2.60. The molecule has 2 nitrogen and oxygen atoms in total. The summed E-state index contributed by atoms with van der Waals surface area (Å²) in [6.45, 7) is 6.45. The molecule has 2 heteroatoms. The summed E-state index contributed by atoms with van der Waals surface area (Å²) < 4.78 is 0. The van der Waals surface area contributed by atoms with E-state index in [0.29, 0.717) is 12.0 Å². The molecule has 1 aromatic carbocycles. The van der Waals surface area contributed by atoms with Crippen LogP contribution in [0.5, 0.6) is 0 Å². The van der Waals surface area contributed by atoms with Crippen LogP contribution in [0.3, 0.4) is 0 Å². The van der Waals surface area contributed by atoms with Crippen LogP contribution in [0.25, 0.3) is 0 Å². The third-order valence-electron chi connectivity index (χ3n) is 3.96. The van der Waals surface area contributed by atoms with Gasteiger partial charge < -0.3 is 11.5 Å². The summed E-state index contributed by atoms with van der Waals surface area (Å²) >= 11 is 0. The van der Waals surface area contributed by atoms with Crippen LogP contribution in [0, 0.1) is 26.7 Å². The van der Waals surface area contributed by atoms with Crippen LogP contribution in [0.2, 0.25) is 0 Å². The van der Waals surface area contributed by atoms with E-state index in [4.69, 9.17) is 11.5 Å². The molecule has 0 aliphatic heterocycles. The molecule has 1 aliphatic rings. The van der Waals surface area contributed by atoms with Gasteiger partial charge in [0.15, 0.2) is 0 Å². The van der Waals surface area contributed by atoms with E-state index in [1.54, 1.807) is 0 Å². The van der Waals surface area contributed by atoms with Crippen molar-refractivity contribution >= 4 is 0 Å². The maximum atomic E-state index is 6.33. The van der Waals surface area contributed by atoms with Gasteiger partial charge in [-0.25, -0.2) is 0 Å². The van der Waals surface area contributed by atoms with Gasteiger partial charge in [0, 0.05) is 12.1 Å². The van der Waals surface area contributed by atoms with E-state index in [9.17, 15) is 0 Å². The van der Waals surface area contributed by atoms with Gasteiger partial charge in [0.2, 0.25) is 0 Å². The fourth-order valence-corrected chi connectivity index (χ4v) is 2.60. The smallest absolute Gasteiger partial charge is 0.0327 e. The van der Waals surface area contributed by atoms with Crippen molar-refractivity contribution in [3.05, 3.63) is 34.4 Å². The molecule has 0 bridgehead atoms. The summed E-state index contributed by atoms with van der Waals surface area (Å²) in [5.74, 6) is 0.579. The van der Waals surface area contributed by atoms with E-state index < -0.39 is 0 Å². The van der Waals surface area contributed by atoms with Crippen LogP contribution in [0.4, 0.5) is 0 Å². The number of hydrogen-bond donors (Lipinski definition) is 2. The molecule has 0 saturated heterocycles. The predicted molar refractivity (Wildman–Crippen MR) is 68.3 cm³/mol. The lowest BCUT2D eigenvalue weighted by Gasteiger charge is -2.37. The van der Waals surface area contributed by atoms with E-state index in [1.165, 1.54) is 22.3 Å². The minimum absolute atomic E-state index is 0.166. The van der Waals surface area contributed by atoms with Crippen molar-refractivity contribution in [1.29, 1.82) is 0 Å². The number of hydrogen-bond acceptors (Lipinski definition) is 2. The van der Waals surface area contributed by atoms with Crippen molar-refractivity contribution in [2.45, 2.75) is 45.7 Å². The third kappa shape index (κ3) is 2.00. The fraction of sp³-hybridized carbons (Fsp3) is 0.571. The Morgan fingerprint density at radius 1 is 1.06 bits per heavy atom. The van der Waals surface area contributed by atoms with Crippen molar-refractivity contribution < 1.29 is 0 Å². The molecule has 0 spiro atoms. The molecular weight excluding hydrogens is 196 g/mol. The maximum Gasteiger partial charge on any atom is 0.0327 e. The Morgan fingerprint density at radius 3 is 2.19 bits per heavy atom. The number of aryl methyl sites for hydroxylation is 3. The summed E-state index contributed by atoms with van der Waals surface area (Å²) in [7, 11) is 0. The Balaban J connectivity index is 2.23. The Hall–Kier alpha value is -0.860. The van der Waals surface area contributed by atoms with Gasteiger partial charge in [0.25, 0.3) is 0 Å². The summed E-state index contributed by atoms with van der Waals surface area (Å²) in [6, 6.07) is 5.03. The maximum absolute atomic E-state index is 6.33. The van der Waals surface area contributed by atoms with Gasteiger partial charge in [-0.2, -0.15) is 0 Å². The Bertz CT molecular complexity index is 392. The molecule has 1 atom stereocenters. The van der Waals surface area contributed by atoms with Crippen molar-refractivity contribution in [3.8, 4) is 0 Å². The molecule has 0 radical (unpaired) electrons. The van der Waals surface area contributed by atoms with Crippen molar-refractivity contribution in [1.82, 2.24) is 0 Å². The summed E-state index contributed by atoms with van der Waals surface area (Å²) in [6.07, 6.45) is 2.15. The number of nitrogens with two attached hydrogens (primary N) is 2. The molecule has 16 heavy (non-hydrogen) atoms. The van der Waals surface area contributed by atoms with Gasteiger partial charge in [0.05, 0.1) is 0 Å². The lowest BCUT2D eigenvalue weighted by atomic mass is 9.73. The van der Waals surface area contributed by atoms with Crippen LogP contribution < -0.4 is 11.5 Å². The lowest BCUT2D eigenvalue weighted by Crippen LogP contribution is -2.41. The van der Waals surface area contributed by atoms with Gasteiger partial charge in [-0.05, 0) is 61.8 Å². The van der Waals surface area contributed by atoms with E-state index in [0.717, 1.165) is 12.8 Å². The summed E-state index contributed by atoms with van der Waals surface area (Å²) in [5, 5.41) is 0. The molecule has 1 aromatic rings. The van der Waals surface area contributed by atoms with Crippen LogP contribution in [-0.2, 0) is 0 Å². The van der Waals surface area contributed by atoms with Crippen molar-refractivity contribution in [3.63, 3.8) is 0 Å². The Labute approximate surface area is 98.0 Å². The molecule has 1 unspecified atom stereocenters. The molecule has 88 valence electrons. The van der Waals surface area contributed by atoms with Gasteiger partial charge in [-0.3, -0.25) is 0 Å². The summed E-state index contributed by atoms with van der Waals surface area (Å²) in [5.41, 5.74) is 17.4. The Kier molecular flexibility index (Phi) is 3.04. The van der Waals surface area contributed by atoms with Crippen molar-refractivity contribution in [2.75, 3.05) is 0 Å². The highest BCUT2D eigenvalue weighted by molar-refractivity contribution is 5.38. The van der Waals surface area contributed by atoms with E-state index in [-0.39, 0.29) is 6.04 Å². The zero-order valence-electron chi connectivity index (χ0n) is 10.5. The first-order valence-corrected chi connectivity index (χ1v) is 6.08. The molecule has 1 saturated carbocycles. The number of rotatable bonds is 2. The molecule has 0 aromatic heterocycles. The minimum Gasteiger partial charge on any atom is -0.328 e. The largest absolute Gasteiger partial charge is 0.328 e. The number of benzene rings is 1. The van der Waals surface area contributed by atoms with Gasteiger partial charge >= 0.3 is 0 Å². The monoisotopic (exact) mass is 218 g/mol. The highest BCUT2D eigenvalue weighted by Gasteiger charge is 2.32. The van der Waals surface area contributed by atoms with Crippen LogP contribution in [-0.4, -0.2) is 6.04 Å². The second-order valence-electron chi connectivity index (χ2n) is 5.31. The standard InChI is InChI=1S/C14H22N2/c1-8-4-10(3)13(5-9(8)2)14(16)11-6-12(15)7-11/h4-5,11-12,14H,6-7,15-16H2,1-3H3. The second-order valence-corrected chi connectivity index (χ2v) is 5.31. The zero-order chi connectivity index (χ0) is 11.9. The Morgan fingerprint density at radius 2 is 1.62 bits per heavy atom. The van der Waals surface area contributed by atoms with E-state index in [2.05, 4.69) is 32.9 Å². The highest BCUT2D eigenvalue weighted by Crippen LogP contribution is 2.37. The van der Waals surface area contributed by atoms with Crippen LogP contribution in [0.1, 0.15) is 41.1 Å². The molecular formula is C14H22N2. The first kappa shape index (κ1) is 11.6. The van der Waals surface area contributed by atoms with E-state index >= 15 is 0 Å². The first-order valence-electron chi connectivity index (χ1n) is 6.08. The SMILES string of the molecule is Cc1cc(C)c(C(N)C2CC(N)C2)cc1C. The first-order chi connectivity index (χ1) is 7.49. The quantitative estimate of drug-likeness (QED) is 0.800. The molecule has 2 rings (SSSR count). The third-order valence-corrected chi connectivity index (χ3v) is 3.96. The van der Waals surface area contributed by atoms with Crippen LogP contribution >= 0.6 is 0 Å². The van der Waals surface area contributed by atoms with Gasteiger partial charge in [-0.1, -0.05) is 12.1 Å². The minimum atomic E-state index is 0.166. The molecule has 1 fully saturated rings. The van der Waals surface area contributed by atoms with Crippen molar-refractivity contribution in [2.24, 2.45) is 17.4 Å². The summed E-state index contributed by atoms with van der Waals surface area (Å²) in [4.78, 5) is 0. The van der Waals surface area contributed by atoms with Crippen LogP contribution in [0.15, 0.2) is 12.1 Å².